The first kappa shape index (κ1) is 15.2. The Kier molecular flexibility index (Phi) is 5.45. The fourth-order valence-electron chi connectivity index (χ4n) is 2.10. The number of nitrogens with one attached hydrogen (secondary N) is 1. The summed E-state index contributed by atoms with van der Waals surface area (Å²) >= 11 is 0. The molecule has 1 unspecified atom stereocenters. The lowest BCUT2D eigenvalue weighted by Crippen LogP contribution is -2.25. The molecule has 2 rings (SSSR count). The molecule has 6 nitrogen and oxygen atoms in total. The third-order valence-electron chi connectivity index (χ3n) is 3.22. The van der Waals surface area contributed by atoms with Crippen molar-refractivity contribution in [2.75, 3.05) is 19.4 Å². The van der Waals surface area contributed by atoms with E-state index in [0.717, 1.165) is 30.6 Å². The van der Waals surface area contributed by atoms with Crippen LogP contribution < -0.4 is 15.8 Å². The number of ether oxygens (including phenoxy) is 1. The van der Waals surface area contributed by atoms with Crippen LogP contribution in [-0.4, -0.2) is 28.6 Å². The molecule has 0 amide bonds. The smallest absolute Gasteiger partial charge is 0.216 e. The van der Waals surface area contributed by atoms with Crippen LogP contribution in [0.5, 0.6) is 5.88 Å². The summed E-state index contributed by atoms with van der Waals surface area (Å²) in [7, 11) is 1.60. The zero-order chi connectivity index (χ0) is 15.1. The molecule has 0 fully saturated rings. The molecule has 0 aromatic carbocycles. The number of pyridine rings is 1. The number of anilines is 1. The van der Waals surface area contributed by atoms with Gasteiger partial charge in [0.1, 0.15) is 12.1 Å². The Morgan fingerprint density at radius 1 is 1.33 bits per heavy atom. The number of hydrogen-bond donors (Lipinski definition) is 2. The fourth-order valence-corrected chi connectivity index (χ4v) is 2.10. The van der Waals surface area contributed by atoms with Gasteiger partial charge in [-0.3, -0.25) is 0 Å². The molecular formula is C15H21N5O. The molecule has 21 heavy (non-hydrogen) atoms. The molecule has 2 aromatic heterocycles. The average Bonchev–Trinajstić information content (AvgIpc) is 2.53. The van der Waals surface area contributed by atoms with E-state index in [-0.39, 0.29) is 6.04 Å². The number of rotatable bonds is 7. The normalized spacial score (nSPS) is 12.1. The van der Waals surface area contributed by atoms with Gasteiger partial charge in [0.15, 0.2) is 0 Å². The van der Waals surface area contributed by atoms with E-state index in [1.807, 2.05) is 18.2 Å². The maximum Gasteiger partial charge on any atom is 0.216 e. The standard InChI is InChI=1S/C15H21N5O/c1-3-6-17-12(8-11-5-4-7-18-15(11)16)13-9-14(21-2)20-10-19-13/h4-5,7,9-10,12,17H,3,6,8H2,1-2H3,(H2,16,18). The van der Waals surface area contributed by atoms with Crippen molar-refractivity contribution in [2.45, 2.75) is 25.8 Å². The van der Waals surface area contributed by atoms with E-state index in [2.05, 4.69) is 27.2 Å². The molecule has 0 aliphatic heterocycles. The summed E-state index contributed by atoms with van der Waals surface area (Å²) in [6.07, 6.45) is 4.98. The highest BCUT2D eigenvalue weighted by molar-refractivity contribution is 5.39. The van der Waals surface area contributed by atoms with Crippen molar-refractivity contribution in [3.63, 3.8) is 0 Å². The van der Waals surface area contributed by atoms with Crippen molar-refractivity contribution in [3.8, 4) is 5.88 Å². The van der Waals surface area contributed by atoms with Crippen molar-refractivity contribution >= 4 is 5.82 Å². The Morgan fingerprint density at radius 2 is 2.19 bits per heavy atom. The van der Waals surface area contributed by atoms with E-state index >= 15 is 0 Å². The largest absolute Gasteiger partial charge is 0.481 e. The van der Waals surface area contributed by atoms with Crippen LogP contribution in [0.15, 0.2) is 30.7 Å². The van der Waals surface area contributed by atoms with Gasteiger partial charge in [0.2, 0.25) is 5.88 Å². The van der Waals surface area contributed by atoms with Crippen LogP contribution in [0, 0.1) is 0 Å². The van der Waals surface area contributed by atoms with Gasteiger partial charge in [0.25, 0.3) is 0 Å². The van der Waals surface area contributed by atoms with E-state index in [1.54, 1.807) is 13.3 Å². The second-order valence-corrected chi connectivity index (χ2v) is 4.74. The van der Waals surface area contributed by atoms with Gasteiger partial charge in [-0.1, -0.05) is 13.0 Å². The van der Waals surface area contributed by atoms with Crippen molar-refractivity contribution in [3.05, 3.63) is 42.0 Å². The number of nitrogen functional groups attached to an aromatic ring is 1. The minimum absolute atomic E-state index is 0.0494. The molecule has 112 valence electrons. The van der Waals surface area contributed by atoms with Crippen LogP contribution in [0.1, 0.15) is 30.6 Å². The number of methoxy groups -OCH3 is 1. The second kappa shape index (κ2) is 7.54. The molecule has 0 aliphatic rings. The summed E-state index contributed by atoms with van der Waals surface area (Å²) in [6, 6.07) is 5.78. The van der Waals surface area contributed by atoms with Crippen molar-refractivity contribution in [1.82, 2.24) is 20.3 Å². The summed E-state index contributed by atoms with van der Waals surface area (Å²) in [6.45, 7) is 3.03. The van der Waals surface area contributed by atoms with Gasteiger partial charge in [0.05, 0.1) is 18.8 Å². The van der Waals surface area contributed by atoms with Crippen LogP contribution in [0.4, 0.5) is 5.82 Å². The lowest BCUT2D eigenvalue weighted by molar-refractivity contribution is 0.393. The minimum Gasteiger partial charge on any atom is -0.481 e. The van der Waals surface area contributed by atoms with Crippen molar-refractivity contribution in [2.24, 2.45) is 0 Å². The molecule has 1 atom stereocenters. The van der Waals surface area contributed by atoms with Gasteiger partial charge in [-0.25, -0.2) is 15.0 Å². The van der Waals surface area contributed by atoms with E-state index in [0.29, 0.717) is 11.7 Å². The summed E-state index contributed by atoms with van der Waals surface area (Å²) in [5.74, 6) is 1.12. The molecule has 0 bridgehead atoms. The van der Waals surface area contributed by atoms with E-state index in [1.165, 1.54) is 6.33 Å². The first-order chi connectivity index (χ1) is 10.2. The van der Waals surface area contributed by atoms with E-state index in [4.69, 9.17) is 10.5 Å². The monoisotopic (exact) mass is 287 g/mol. The summed E-state index contributed by atoms with van der Waals surface area (Å²) in [5, 5.41) is 3.48. The Hall–Kier alpha value is -2.21. The van der Waals surface area contributed by atoms with Gasteiger partial charge in [-0.15, -0.1) is 0 Å². The fraction of sp³-hybridized carbons (Fsp3) is 0.400. The second-order valence-electron chi connectivity index (χ2n) is 4.74. The lowest BCUT2D eigenvalue weighted by Gasteiger charge is -2.19. The number of hydrogen-bond acceptors (Lipinski definition) is 6. The molecule has 0 spiro atoms. The third-order valence-corrected chi connectivity index (χ3v) is 3.22. The summed E-state index contributed by atoms with van der Waals surface area (Å²) < 4.78 is 5.17. The first-order valence-corrected chi connectivity index (χ1v) is 7.03. The molecule has 0 saturated carbocycles. The third kappa shape index (κ3) is 4.13. The maximum atomic E-state index is 5.94. The predicted octanol–water partition coefficient (Wildman–Crippen LogP) is 1.75. The molecule has 0 saturated heterocycles. The van der Waals surface area contributed by atoms with Gasteiger partial charge >= 0.3 is 0 Å². The number of nitrogens with two attached hydrogens (primary N) is 1. The Bertz CT molecular complexity index is 575. The van der Waals surface area contributed by atoms with Gasteiger partial charge in [-0.2, -0.15) is 0 Å². The Balaban J connectivity index is 2.23. The molecule has 0 radical (unpaired) electrons. The SMILES string of the molecule is CCCNC(Cc1cccnc1N)c1cc(OC)ncn1. The minimum atomic E-state index is 0.0494. The summed E-state index contributed by atoms with van der Waals surface area (Å²) in [5.41, 5.74) is 7.83. The molecule has 0 aliphatic carbocycles. The summed E-state index contributed by atoms with van der Waals surface area (Å²) in [4.78, 5) is 12.5. The zero-order valence-electron chi connectivity index (χ0n) is 12.4. The lowest BCUT2D eigenvalue weighted by atomic mass is 10.0. The van der Waals surface area contributed by atoms with Crippen LogP contribution in [0.25, 0.3) is 0 Å². The number of nitrogens with zero attached hydrogens (tertiary/aromatic N) is 3. The molecular weight excluding hydrogens is 266 g/mol. The average molecular weight is 287 g/mol. The highest BCUT2D eigenvalue weighted by Gasteiger charge is 2.16. The van der Waals surface area contributed by atoms with Crippen LogP contribution in [0.3, 0.4) is 0 Å². The Morgan fingerprint density at radius 3 is 2.90 bits per heavy atom. The van der Waals surface area contributed by atoms with Crippen LogP contribution in [0.2, 0.25) is 0 Å². The first-order valence-electron chi connectivity index (χ1n) is 7.03. The van der Waals surface area contributed by atoms with Crippen LogP contribution >= 0.6 is 0 Å². The van der Waals surface area contributed by atoms with Gasteiger partial charge in [-0.05, 0) is 31.0 Å². The van der Waals surface area contributed by atoms with Gasteiger partial charge < -0.3 is 15.8 Å². The quantitative estimate of drug-likeness (QED) is 0.807. The van der Waals surface area contributed by atoms with E-state index < -0.39 is 0 Å². The van der Waals surface area contributed by atoms with Crippen molar-refractivity contribution in [1.29, 1.82) is 0 Å². The number of aromatic nitrogens is 3. The molecule has 3 N–H and O–H groups in total. The van der Waals surface area contributed by atoms with Crippen LogP contribution in [-0.2, 0) is 6.42 Å². The highest BCUT2D eigenvalue weighted by Crippen LogP contribution is 2.21. The molecule has 2 aromatic rings. The van der Waals surface area contributed by atoms with E-state index in [9.17, 15) is 0 Å². The Labute approximate surface area is 124 Å². The highest BCUT2D eigenvalue weighted by atomic mass is 16.5. The molecule has 2 heterocycles. The maximum absolute atomic E-state index is 5.94. The van der Waals surface area contributed by atoms with Gasteiger partial charge in [0, 0.05) is 12.3 Å². The molecule has 6 heteroatoms. The topological polar surface area (TPSA) is 86.0 Å². The van der Waals surface area contributed by atoms with Crippen molar-refractivity contribution < 1.29 is 4.74 Å². The zero-order valence-corrected chi connectivity index (χ0v) is 12.4. The predicted molar refractivity (Wildman–Crippen MR) is 82.0 cm³/mol.